The van der Waals surface area contributed by atoms with Crippen molar-refractivity contribution < 1.29 is 9.18 Å². The third-order valence-corrected chi connectivity index (χ3v) is 3.09. The molecule has 1 amide bonds. The third-order valence-electron chi connectivity index (χ3n) is 3.09. The minimum absolute atomic E-state index is 0.144. The molecular weight excluding hydrogens is 243 g/mol. The van der Waals surface area contributed by atoms with Gasteiger partial charge < -0.3 is 10.6 Å². The van der Waals surface area contributed by atoms with Gasteiger partial charge in [0.25, 0.3) is 0 Å². The number of nitrogens with two attached hydrogens (primary N) is 1. The van der Waals surface area contributed by atoms with Gasteiger partial charge in [0.15, 0.2) is 0 Å². The first-order valence-corrected chi connectivity index (χ1v) is 6.45. The van der Waals surface area contributed by atoms with Crippen molar-refractivity contribution in [2.24, 2.45) is 5.73 Å². The third kappa shape index (κ3) is 3.80. The van der Waals surface area contributed by atoms with Crippen LogP contribution in [0.4, 0.5) is 4.39 Å². The molecule has 19 heavy (non-hydrogen) atoms. The van der Waals surface area contributed by atoms with Crippen LogP contribution in [0.5, 0.6) is 0 Å². The van der Waals surface area contributed by atoms with Crippen molar-refractivity contribution in [1.29, 1.82) is 0 Å². The Hall–Kier alpha value is -1.86. The molecule has 0 spiro atoms. The fourth-order valence-corrected chi connectivity index (χ4v) is 2.22. The average molecular weight is 260 g/mol. The van der Waals surface area contributed by atoms with Crippen molar-refractivity contribution >= 4 is 5.91 Å². The van der Waals surface area contributed by atoms with E-state index in [1.807, 2.05) is 6.07 Å². The van der Waals surface area contributed by atoms with Gasteiger partial charge in [-0.15, -0.1) is 0 Å². The zero-order valence-electron chi connectivity index (χ0n) is 10.8. The Labute approximate surface area is 112 Å². The highest BCUT2D eigenvalue weighted by Crippen LogP contribution is 2.16. The summed E-state index contributed by atoms with van der Waals surface area (Å²) in [6, 6.07) is 4.65. The Morgan fingerprint density at radius 1 is 1.32 bits per heavy atom. The topological polar surface area (TPSA) is 46.3 Å². The van der Waals surface area contributed by atoms with E-state index in [9.17, 15) is 9.18 Å². The first-order valence-electron chi connectivity index (χ1n) is 6.45. The van der Waals surface area contributed by atoms with Crippen molar-refractivity contribution in [3.8, 4) is 11.8 Å². The quantitative estimate of drug-likeness (QED) is 0.822. The van der Waals surface area contributed by atoms with Gasteiger partial charge in [0.2, 0.25) is 5.91 Å². The standard InChI is InChI=1S/C15H17FN2O/c16-14-9-12(4-3-6-17)8-13(10-14)11-18-7-2-1-5-15(18)19/h8-10H,1-2,5-7,11,17H2. The first kappa shape index (κ1) is 13.6. The molecule has 1 aromatic carbocycles. The number of benzene rings is 1. The number of nitrogens with zero attached hydrogens (tertiary/aromatic N) is 1. The largest absolute Gasteiger partial charge is 0.338 e. The van der Waals surface area contributed by atoms with Crippen molar-refractivity contribution in [2.75, 3.05) is 13.1 Å². The molecule has 1 heterocycles. The number of piperidine rings is 1. The predicted octanol–water partition coefficient (Wildman–Crippen LogP) is 1.65. The van der Waals surface area contributed by atoms with E-state index >= 15 is 0 Å². The van der Waals surface area contributed by atoms with Gasteiger partial charge >= 0.3 is 0 Å². The second kappa shape index (κ2) is 6.35. The molecule has 1 aromatic rings. The Balaban J connectivity index is 2.15. The average Bonchev–Trinajstić information content (AvgIpc) is 2.38. The van der Waals surface area contributed by atoms with Crippen LogP contribution in [0.2, 0.25) is 0 Å². The van der Waals surface area contributed by atoms with E-state index in [0.29, 0.717) is 18.5 Å². The van der Waals surface area contributed by atoms with E-state index in [-0.39, 0.29) is 18.3 Å². The van der Waals surface area contributed by atoms with Crippen LogP contribution >= 0.6 is 0 Å². The zero-order chi connectivity index (χ0) is 13.7. The van der Waals surface area contributed by atoms with Gasteiger partial charge in [0.1, 0.15) is 5.82 Å². The van der Waals surface area contributed by atoms with Crippen LogP contribution in [-0.4, -0.2) is 23.9 Å². The van der Waals surface area contributed by atoms with Gasteiger partial charge in [-0.25, -0.2) is 4.39 Å². The first-order chi connectivity index (χ1) is 9.19. The lowest BCUT2D eigenvalue weighted by atomic mass is 10.1. The van der Waals surface area contributed by atoms with Crippen molar-refractivity contribution in [3.05, 3.63) is 35.1 Å². The molecular formula is C15H17FN2O. The van der Waals surface area contributed by atoms with Gasteiger partial charge in [-0.3, -0.25) is 4.79 Å². The van der Waals surface area contributed by atoms with Crippen LogP contribution in [-0.2, 0) is 11.3 Å². The number of hydrogen-bond acceptors (Lipinski definition) is 2. The number of carbonyl (C=O) groups excluding carboxylic acids is 1. The normalized spacial score (nSPS) is 15.1. The smallest absolute Gasteiger partial charge is 0.222 e. The highest BCUT2D eigenvalue weighted by atomic mass is 19.1. The van der Waals surface area contributed by atoms with E-state index in [0.717, 1.165) is 24.9 Å². The van der Waals surface area contributed by atoms with Gasteiger partial charge in [0, 0.05) is 25.1 Å². The molecule has 0 unspecified atom stereocenters. The number of hydrogen-bond donors (Lipinski definition) is 1. The van der Waals surface area contributed by atoms with Crippen molar-refractivity contribution in [3.63, 3.8) is 0 Å². The van der Waals surface area contributed by atoms with Gasteiger partial charge in [0.05, 0.1) is 6.54 Å². The predicted molar refractivity (Wildman–Crippen MR) is 71.6 cm³/mol. The lowest BCUT2D eigenvalue weighted by Crippen LogP contribution is -2.34. The lowest BCUT2D eigenvalue weighted by molar-refractivity contribution is -0.133. The van der Waals surface area contributed by atoms with Crippen molar-refractivity contribution in [2.45, 2.75) is 25.8 Å². The highest BCUT2D eigenvalue weighted by Gasteiger charge is 2.18. The molecule has 1 saturated heterocycles. The maximum atomic E-state index is 13.5. The minimum Gasteiger partial charge on any atom is -0.338 e. The molecule has 4 heteroatoms. The Morgan fingerprint density at radius 3 is 2.89 bits per heavy atom. The molecule has 0 aliphatic carbocycles. The number of halogens is 1. The van der Waals surface area contributed by atoms with E-state index in [1.54, 1.807) is 4.90 Å². The monoisotopic (exact) mass is 260 g/mol. The molecule has 100 valence electrons. The number of rotatable bonds is 2. The Morgan fingerprint density at radius 2 is 2.16 bits per heavy atom. The zero-order valence-corrected chi connectivity index (χ0v) is 10.8. The van der Waals surface area contributed by atoms with Gasteiger partial charge in [-0.1, -0.05) is 11.8 Å². The SMILES string of the molecule is NCC#Cc1cc(F)cc(CN2CCCCC2=O)c1. The summed E-state index contributed by atoms with van der Waals surface area (Å²) in [7, 11) is 0. The van der Waals surface area contributed by atoms with E-state index in [1.165, 1.54) is 12.1 Å². The molecule has 1 fully saturated rings. The van der Waals surface area contributed by atoms with Crippen LogP contribution in [0.15, 0.2) is 18.2 Å². The molecule has 0 bridgehead atoms. The summed E-state index contributed by atoms with van der Waals surface area (Å²) < 4.78 is 13.5. The van der Waals surface area contributed by atoms with E-state index in [4.69, 9.17) is 5.73 Å². The summed E-state index contributed by atoms with van der Waals surface area (Å²) in [5.74, 6) is 5.33. The fraction of sp³-hybridized carbons (Fsp3) is 0.400. The lowest BCUT2D eigenvalue weighted by Gasteiger charge is -2.26. The molecule has 0 aromatic heterocycles. The highest BCUT2D eigenvalue weighted by molar-refractivity contribution is 5.76. The molecule has 2 N–H and O–H groups in total. The maximum absolute atomic E-state index is 13.5. The van der Waals surface area contributed by atoms with Gasteiger partial charge in [-0.2, -0.15) is 0 Å². The van der Waals surface area contributed by atoms with Crippen LogP contribution in [0, 0.1) is 17.7 Å². The molecule has 0 radical (unpaired) electrons. The molecule has 3 nitrogen and oxygen atoms in total. The molecule has 1 aliphatic rings. The van der Waals surface area contributed by atoms with Crippen LogP contribution in [0.1, 0.15) is 30.4 Å². The van der Waals surface area contributed by atoms with Crippen LogP contribution in [0.3, 0.4) is 0 Å². The summed E-state index contributed by atoms with van der Waals surface area (Å²) in [5.41, 5.74) is 6.68. The fourth-order valence-electron chi connectivity index (χ4n) is 2.22. The summed E-state index contributed by atoms with van der Waals surface area (Å²) in [6.07, 6.45) is 2.56. The van der Waals surface area contributed by atoms with E-state index in [2.05, 4.69) is 11.8 Å². The molecule has 0 saturated carbocycles. The molecule has 0 atom stereocenters. The Bertz CT molecular complexity index is 531. The number of carbonyl (C=O) groups is 1. The van der Waals surface area contributed by atoms with Gasteiger partial charge in [-0.05, 0) is 36.6 Å². The maximum Gasteiger partial charge on any atom is 0.222 e. The summed E-state index contributed by atoms with van der Waals surface area (Å²) in [6.45, 7) is 1.45. The summed E-state index contributed by atoms with van der Waals surface area (Å²) in [5, 5.41) is 0. The molecule has 1 aliphatic heterocycles. The molecule has 2 rings (SSSR count). The Kier molecular flexibility index (Phi) is 4.53. The second-order valence-electron chi connectivity index (χ2n) is 4.63. The van der Waals surface area contributed by atoms with E-state index < -0.39 is 0 Å². The van der Waals surface area contributed by atoms with Crippen LogP contribution in [0.25, 0.3) is 0 Å². The van der Waals surface area contributed by atoms with Crippen LogP contribution < -0.4 is 5.73 Å². The van der Waals surface area contributed by atoms with Crippen molar-refractivity contribution in [1.82, 2.24) is 4.90 Å². The number of amides is 1. The minimum atomic E-state index is -0.330. The summed E-state index contributed by atoms with van der Waals surface area (Å²) >= 11 is 0. The second-order valence-corrected chi connectivity index (χ2v) is 4.63. The number of likely N-dealkylation sites (tertiary alicyclic amines) is 1. The summed E-state index contributed by atoms with van der Waals surface area (Å²) in [4.78, 5) is 13.5.